The number of hydrogen-bond donors (Lipinski definition) is 1. The summed E-state index contributed by atoms with van der Waals surface area (Å²) in [6.07, 6.45) is 0.928. The van der Waals surface area contributed by atoms with Gasteiger partial charge in [0.15, 0.2) is 0 Å². The minimum Gasteiger partial charge on any atom is -0.324 e. The van der Waals surface area contributed by atoms with Crippen LogP contribution in [0.5, 0.6) is 0 Å². The van der Waals surface area contributed by atoms with Gasteiger partial charge in [0.1, 0.15) is 11.6 Å². The molecule has 2 N–H and O–H groups in total. The minimum absolute atomic E-state index is 0.0156. The maximum Gasteiger partial charge on any atom is 0.145 e. The highest BCUT2D eigenvalue weighted by Gasteiger charge is 2.28. The van der Waals surface area contributed by atoms with Gasteiger partial charge in [-0.15, -0.1) is 0 Å². The number of halogens is 3. The van der Waals surface area contributed by atoms with E-state index in [9.17, 15) is 8.78 Å². The van der Waals surface area contributed by atoms with E-state index in [0.29, 0.717) is 0 Å². The molecule has 0 amide bonds. The molecule has 1 saturated heterocycles. The first-order chi connectivity index (χ1) is 7.61. The molecule has 1 heterocycles. The summed E-state index contributed by atoms with van der Waals surface area (Å²) in [4.78, 5) is 0. The molecule has 1 aromatic carbocycles. The summed E-state index contributed by atoms with van der Waals surface area (Å²) >= 11 is 4.84. The quantitative estimate of drug-likeness (QED) is 0.847. The van der Waals surface area contributed by atoms with Crippen LogP contribution in [0.4, 0.5) is 8.78 Å². The fourth-order valence-corrected chi connectivity index (χ4v) is 3.58. The fourth-order valence-electron chi connectivity index (χ4n) is 1.92. The van der Waals surface area contributed by atoms with Crippen LogP contribution in [0.25, 0.3) is 0 Å². The van der Waals surface area contributed by atoms with E-state index in [1.807, 2.05) is 0 Å². The molecule has 1 aromatic rings. The van der Waals surface area contributed by atoms with Gasteiger partial charge in [-0.25, -0.2) is 8.78 Å². The van der Waals surface area contributed by atoms with Crippen LogP contribution in [0.3, 0.4) is 0 Å². The van der Waals surface area contributed by atoms with Gasteiger partial charge in [-0.1, -0.05) is 0 Å². The van der Waals surface area contributed by atoms with Crippen molar-refractivity contribution in [3.05, 3.63) is 33.8 Å². The van der Waals surface area contributed by atoms with Crippen LogP contribution < -0.4 is 5.73 Å². The van der Waals surface area contributed by atoms with Gasteiger partial charge < -0.3 is 5.73 Å². The van der Waals surface area contributed by atoms with E-state index in [1.54, 1.807) is 11.8 Å². The second kappa shape index (κ2) is 5.02. The summed E-state index contributed by atoms with van der Waals surface area (Å²) in [5.41, 5.74) is 5.97. The average Bonchev–Trinajstić information content (AvgIpc) is 2.77. The van der Waals surface area contributed by atoms with Crippen LogP contribution in [0.2, 0.25) is 0 Å². The molecular weight excluding hydrogens is 296 g/mol. The van der Waals surface area contributed by atoms with E-state index in [0.717, 1.165) is 17.9 Å². The monoisotopic (exact) mass is 307 g/mol. The van der Waals surface area contributed by atoms with Gasteiger partial charge in [0, 0.05) is 11.6 Å². The Hall–Kier alpha value is -0.130. The molecule has 0 spiro atoms. The molecule has 2 rings (SSSR count). The smallest absolute Gasteiger partial charge is 0.145 e. The molecule has 0 radical (unpaired) electrons. The summed E-state index contributed by atoms with van der Waals surface area (Å²) in [5.74, 6) is 0.958. The Kier molecular flexibility index (Phi) is 3.87. The van der Waals surface area contributed by atoms with Crippen molar-refractivity contribution in [3.63, 3.8) is 0 Å². The summed E-state index contributed by atoms with van der Waals surface area (Å²) in [6, 6.07) is 2.07. The topological polar surface area (TPSA) is 26.0 Å². The average molecular weight is 308 g/mol. The predicted octanol–water partition coefficient (Wildman–Crippen LogP) is 3.48. The molecule has 2 unspecified atom stereocenters. The van der Waals surface area contributed by atoms with Gasteiger partial charge in [-0.05, 0) is 51.9 Å². The van der Waals surface area contributed by atoms with Crippen LogP contribution in [-0.4, -0.2) is 11.5 Å². The van der Waals surface area contributed by atoms with Crippen molar-refractivity contribution in [3.8, 4) is 0 Å². The van der Waals surface area contributed by atoms with E-state index in [1.165, 1.54) is 12.1 Å². The van der Waals surface area contributed by atoms with Crippen molar-refractivity contribution in [2.75, 3.05) is 11.5 Å². The zero-order valence-electron chi connectivity index (χ0n) is 8.55. The van der Waals surface area contributed by atoms with Crippen molar-refractivity contribution >= 4 is 27.7 Å². The molecule has 88 valence electrons. The zero-order chi connectivity index (χ0) is 11.7. The maximum atomic E-state index is 13.8. The molecule has 0 saturated carbocycles. The number of thioether (sulfide) groups is 1. The normalized spacial score (nSPS) is 22.4. The molecule has 1 nitrogen and oxygen atoms in total. The SMILES string of the molecule is NC(c1c(F)ccc(Br)c1F)C1CCSC1. The van der Waals surface area contributed by atoms with E-state index >= 15 is 0 Å². The molecule has 16 heavy (non-hydrogen) atoms. The predicted molar refractivity (Wildman–Crippen MR) is 66.4 cm³/mol. The summed E-state index contributed by atoms with van der Waals surface area (Å²) in [6.45, 7) is 0. The van der Waals surface area contributed by atoms with Crippen molar-refractivity contribution in [2.24, 2.45) is 11.7 Å². The highest BCUT2D eigenvalue weighted by molar-refractivity contribution is 9.10. The molecule has 5 heteroatoms. The van der Waals surface area contributed by atoms with Gasteiger partial charge in [0.25, 0.3) is 0 Å². The largest absolute Gasteiger partial charge is 0.324 e. The molecule has 2 atom stereocenters. The van der Waals surface area contributed by atoms with Crippen molar-refractivity contribution in [1.29, 1.82) is 0 Å². The van der Waals surface area contributed by atoms with Crippen LogP contribution >= 0.6 is 27.7 Å². The molecule has 0 bridgehead atoms. The standard InChI is InChI=1S/C11H12BrF2NS/c12-7-1-2-8(13)9(10(7)14)11(15)6-3-4-16-5-6/h1-2,6,11H,3-5,15H2. The van der Waals surface area contributed by atoms with Gasteiger partial charge in [0.05, 0.1) is 4.47 Å². The molecule has 1 aliphatic heterocycles. The third-order valence-corrected chi connectivity index (χ3v) is 4.69. The lowest BCUT2D eigenvalue weighted by atomic mass is 9.92. The molecule has 1 aliphatic rings. The van der Waals surface area contributed by atoms with Gasteiger partial charge >= 0.3 is 0 Å². The number of nitrogens with two attached hydrogens (primary N) is 1. The van der Waals surface area contributed by atoms with Crippen LogP contribution in [0, 0.1) is 17.6 Å². The van der Waals surface area contributed by atoms with Gasteiger partial charge in [0.2, 0.25) is 0 Å². The van der Waals surface area contributed by atoms with Gasteiger partial charge in [-0.3, -0.25) is 0 Å². The van der Waals surface area contributed by atoms with Crippen molar-refractivity contribution in [1.82, 2.24) is 0 Å². The van der Waals surface area contributed by atoms with Crippen LogP contribution in [-0.2, 0) is 0 Å². The number of rotatable bonds is 2. The van der Waals surface area contributed by atoms with E-state index in [-0.39, 0.29) is 16.0 Å². The third-order valence-electron chi connectivity index (χ3n) is 2.89. The third kappa shape index (κ3) is 2.26. The maximum absolute atomic E-state index is 13.8. The highest BCUT2D eigenvalue weighted by Crippen LogP contribution is 2.36. The second-order valence-corrected chi connectivity index (χ2v) is 5.91. The fraction of sp³-hybridized carbons (Fsp3) is 0.455. The lowest BCUT2D eigenvalue weighted by molar-refractivity contribution is 0.435. The van der Waals surface area contributed by atoms with Gasteiger partial charge in [-0.2, -0.15) is 11.8 Å². The lowest BCUT2D eigenvalue weighted by Crippen LogP contribution is -2.23. The van der Waals surface area contributed by atoms with Crippen LogP contribution in [0.15, 0.2) is 16.6 Å². The number of hydrogen-bond acceptors (Lipinski definition) is 2. The Balaban J connectivity index is 2.34. The Morgan fingerprint density at radius 3 is 2.81 bits per heavy atom. The second-order valence-electron chi connectivity index (χ2n) is 3.91. The number of benzene rings is 1. The first-order valence-electron chi connectivity index (χ1n) is 5.08. The first-order valence-corrected chi connectivity index (χ1v) is 7.02. The zero-order valence-corrected chi connectivity index (χ0v) is 11.0. The lowest BCUT2D eigenvalue weighted by Gasteiger charge is -2.20. The molecule has 1 fully saturated rings. The van der Waals surface area contributed by atoms with Crippen molar-refractivity contribution < 1.29 is 8.78 Å². The Morgan fingerprint density at radius 1 is 1.44 bits per heavy atom. The Bertz CT molecular complexity index is 394. The molecular formula is C11H12BrF2NS. The van der Waals surface area contributed by atoms with E-state index < -0.39 is 17.7 Å². The summed E-state index contributed by atoms with van der Waals surface area (Å²) in [7, 11) is 0. The first kappa shape index (κ1) is 12.3. The Morgan fingerprint density at radius 2 is 2.19 bits per heavy atom. The summed E-state index contributed by atoms with van der Waals surface area (Å²) in [5, 5.41) is 0. The van der Waals surface area contributed by atoms with Crippen LogP contribution in [0.1, 0.15) is 18.0 Å². The summed E-state index contributed by atoms with van der Waals surface area (Å²) < 4.78 is 27.6. The molecule has 0 aromatic heterocycles. The molecule has 0 aliphatic carbocycles. The Labute approximate surface area is 106 Å². The minimum atomic E-state index is -0.565. The van der Waals surface area contributed by atoms with Crippen molar-refractivity contribution in [2.45, 2.75) is 12.5 Å². The van der Waals surface area contributed by atoms with E-state index in [4.69, 9.17) is 5.73 Å². The highest BCUT2D eigenvalue weighted by atomic mass is 79.9. The van der Waals surface area contributed by atoms with E-state index in [2.05, 4.69) is 15.9 Å².